The van der Waals surface area contributed by atoms with Gasteiger partial charge in [-0.2, -0.15) is 0 Å². The molecule has 0 saturated heterocycles. The molecule has 4 aliphatic carbocycles. The van der Waals surface area contributed by atoms with Gasteiger partial charge in [0.1, 0.15) is 0 Å². The monoisotopic (exact) mass is 282 g/mol. The van der Waals surface area contributed by atoms with Crippen molar-refractivity contribution in [3.8, 4) is 12.3 Å². The van der Waals surface area contributed by atoms with Gasteiger partial charge >= 0.3 is 0 Å². The number of hydrogen-bond acceptors (Lipinski definition) is 0. The first kappa shape index (κ1) is 13.9. The SMILES string of the molecule is C#CC[C@]12CCCCC1=CC[C@H]1[C@@H]3CCC[C@@]3(C)CC[C@@H]12. The average molecular weight is 282 g/mol. The van der Waals surface area contributed by atoms with Crippen molar-refractivity contribution in [1.29, 1.82) is 0 Å². The molecular weight excluding hydrogens is 252 g/mol. The lowest BCUT2D eigenvalue weighted by Gasteiger charge is -2.57. The van der Waals surface area contributed by atoms with Gasteiger partial charge in [0.25, 0.3) is 0 Å². The lowest BCUT2D eigenvalue weighted by molar-refractivity contribution is -0.0303. The number of hydrogen-bond donors (Lipinski definition) is 0. The number of allylic oxidation sites excluding steroid dienone is 2. The smallest absolute Gasteiger partial charge is 0.0183 e. The molecule has 0 radical (unpaired) electrons. The van der Waals surface area contributed by atoms with Crippen LogP contribution in [-0.4, -0.2) is 0 Å². The molecule has 0 aromatic carbocycles. The Balaban J connectivity index is 1.73. The van der Waals surface area contributed by atoms with Crippen LogP contribution in [0.4, 0.5) is 0 Å². The predicted octanol–water partition coefficient (Wildman–Crippen LogP) is 5.73. The van der Waals surface area contributed by atoms with E-state index in [-0.39, 0.29) is 0 Å². The van der Waals surface area contributed by atoms with E-state index in [4.69, 9.17) is 6.42 Å². The molecule has 0 N–H and O–H groups in total. The van der Waals surface area contributed by atoms with Crippen LogP contribution in [0.1, 0.15) is 77.6 Å². The van der Waals surface area contributed by atoms with E-state index in [1.54, 1.807) is 5.57 Å². The van der Waals surface area contributed by atoms with E-state index in [9.17, 15) is 0 Å². The van der Waals surface area contributed by atoms with E-state index in [0.29, 0.717) is 10.8 Å². The molecule has 0 aliphatic heterocycles. The van der Waals surface area contributed by atoms with Crippen LogP contribution in [0.5, 0.6) is 0 Å². The Morgan fingerprint density at radius 3 is 2.90 bits per heavy atom. The molecule has 0 nitrogen and oxygen atoms in total. The normalized spacial score (nSPS) is 48.6. The van der Waals surface area contributed by atoms with Gasteiger partial charge in [0, 0.05) is 11.8 Å². The maximum atomic E-state index is 5.84. The zero-order chi connectivity index (χ0) is 14.5. The molecule has 4 rings (SSSR count). The number of fused-ring (bicyclic) bond motifs is 5. The molecule has 21 heavy (non-hydrogen) atoms. The summed E-state index contributed by atoms with van der Waals surface area (Å²) in [6.07, 6.45) is 23.8. The molecule has 0 spiro atoms. The quantitative estimate of drug-likeness (QED) is 0.425. The van der Waals surface area contributed by atoms with Crippen molar-refractivity contribution < 1.29 is 0 Å². The highest BCUT2D eigenvalue weighted by atomic mass is 14.6. The highest BCUT2D eigenvalue weighted by molar-refractivity contribution is 5.27. The Bertz CT molecular complexity index is 493. The van der Waals surface area contributed by atoms with Gasteiger partial charge in [0.05, 0.1) is 0 Å². The molecule has 0 heterocycles. The van der Waals surface area contributed by atoms with E-state index < -0.39 is 0 Å². The third-order valence-electron chi connectivity index (χ3n) is 7.94. The van der Waals surface area contributed by atoms with Crippen LogP contribution in [0.25, 0.3) is 0 Å². The van der Waals surface area contributed by atoms with Crippen molar-refractivity contribution in [3.63, 3.8) is 0 Å². The molecule has 3 saturated carbocycles. The zero-order valence-corrected chi connectivity index (χ0v) is 13.7. The van der Waals surface area contributed by atoms with Crippen LogP contribution in [0.3, 0.4) is 0 Å². The van der Waals surface area contributed by atoms with Crippen LogP contribution < -0.4 is 0 Å². The molecule has 0 amide bonds. The fourth-order valence-electron chi connectivity index (χ4n) is 6.98. The predicted molar refractivity (Wildman–Crippen MR) is 88.7 cm³/mol. The second-order valence-corrected chi connectivity index (χ2v) is 8.67. The Morgan fingerprint density at radius 2 is 2.05 bits per heavy atom. The van der Waals surface area contributed by atoms with Crippen molar-refractivity contribution in [3.05, 3.63) is 11.6 Å². The van der Waals surface area contributed by atoms with Gasteiger partial charge in [-0.15, -0.1) is 12.3 Å². The fourth-order valence-corrected chi connectivity index (χ4v) is 6.98. The molecule has 3 fully saturated rings. The molecule has 0 bridgehead atoms. The molecule has 5 atom stereocenters. The average Bonchev–Trinajstić information content (AvgIpc) is 2.89. The standard InChI is InChI=1S/C21H30/c1-3-12-21-14-5-4-7-16(21)9-10-17-18-8-6-13-20(18,2)15-11-19(17)21/h1,9,17-19H,4-8,10-15H2,2H3/t17-,18-,19-,20-,21-/m0/s1. The van der Waals surface area contributed by atoms with Crippen LogP contribution in [0.2, 0.25) is 0 Å². The zero-order valence-electron chi connectivity index (χ0n) is 13.7. The molecule has 0 heteroatoms. The molecule has 0 aromatic heterocycles. The van der Waals surface area contributed by atoms with Crippen molar-refractivity contribution >= 4 is 0 Å². The summed E-state index contributed by atoms with van der Waals surface area (Å²) in [5.74, 6) is 5.93. The van der Waals surface area contributed by atoms with E-state index in [1.165, 1.54) is 64.2 Å². The Labute approximate surface area is 130 Å². The maximum Gasteiger partial charge on any atom is 0.0183 e. The summed E-state index contributed by atoms with van der Waals surface area (Å²) in [7, 11) is 0. The van der Waals surface area contributed by atoms with E-state index in [1.807, 2.05) is 0 Å². The third kappa shape index (κ3) is 1.89. The molecule has 0 unspecified atom stereocenters. The summed E-state index contributed by atoms with van der Waals surface area (Å²) in [5.41, 5.74) is 2.85. The second-order valence-electron chi connectivity index (χ2n) is 8.67. The van der Waals surface area contributed by atoms with E-state index >= 15 is 0 Å². The second kappa shape index (κ2) is 4.91. The summed E-state index contributed by atoms with van der Waals surface area (Å²) in [5, 5.41) is 0. The Hall–Kier alpha value is -0.700. The molecular formula is C21H30. The van der Waals surface area contributed by atoms with Crippen LogP contribution in [0.15, 0.2) is 11.6 Å². The fraction of sp³-hybridized carbons (Fsp3) is 0.810. The first-order valence-electron chi connectivity index (χ1n) is 9.33. The van der Waals surface area contributed by atoms with Gasteiger partial charge in [-0.1, -0.05) is 31.4 Å². The van der Waals surface area contributed by atoms with Crippen molar-refractivity contribution in [2.75, 3.05) is 0 Å². The minimum atomic E-state index is 0.417. The summed E-state index contributed by atoms with van der Waals surface area (Å²) < 4.78 is 0. The minimum absolute atomic E-state index is 0.417. The summed E-state index contributed by atoms with van der Waals surface area (Å²) >= 11 is 0. The van der Waals surface area contributed by atoms with Gasteiger partial charge in [0.15, 0.2) is 0 Å². The topological polar surface area (TPSA) is 0 Å². The van der Waals surface area contributed by atoms with Gasteiger partial charge in [0.2, 0.25) is 0 Å². The number of rotatable bonds is 1. The lowest BCUT2D eigenvalue weighted by atomic mass is 9.47. The van der Waals surface area contributed by atoms with Gasteiger partial charge in [-0.05, 0) is 74.5 Å². The van der Waals surface area contributed by atoms with Crippen LogP contribution >= 0.6 is 0 Å². The van der Waals surface area contributed by atoms with Gasteiger partial charge in [-0.25, -0.2) is 0 Å². The van der Waals surface area contributed by atoms with Gasteiger partial charge < -0.3 is 0 Å². The third-order valence-corrected chi connectivity index (χ3v) is 7.94. The van der Waals surface area contributed by atoms with Crippen LogP contribution in [-0.2, 0) is 0 Å². The summed E-state index contributed by atoms with van der Waals surface area (Å²) in [6.45, 7) is 2.59. The van der Waals surface area contributed by atoms with Crippen LogP contribution in [0, 0.1) is 40.9 Å². The molecule has 114 valence electrons. The van der Waals surface area contributed by atoms with Crippen molar-refractivity contribution in [2.45, 2.75) is 77.6 Å². The van der Waals surface area contributed by atoms with Crippen molar-refractivity contribution in [1.82, 2.24) is 0 Å². The lowest BCUT2D eigenvalue weighted by Crippen LogP contribution is -2.49. The highest BCUT2D eigenvalue weighted by Gasteiger charge is 2.56. The maximum absolute atomic E-state index is 5.84. The van der Waals surface area contributed by atoms with Gasteiger partial charge in [-0.3, -0.25) is 0 Å². The Morgan fingerprint density at radius 1 is 1.14 bits per heavy atom. The molecule has 0 aromatic rings. The summed E-state index contributed by atoms with van der Waals surface area (Å²) in [4.78, 5) is 0. The van der Waals surface area contributed by atoms with E-state index in [2.05, 4.69) is 18.9 Å². The van der Waals surface area contributed by atoms with Crippen molar-refractivity contribution in [2.24, 2.45) is 28.6 Å². The first-order valence-corrected chi connectivity index (χ1v) is 9.33. The molecule has 4 aliphatic rings. The summed E-state index contributed by atoms with van der Waals surface area (Å²) in [6, 6.07) is 0. The highest BCUT2D eigenvalue weighted by Crippen LogP contribution is 2.65. The Kier molecular flexibility index (Phi) is 3.25. The number of terminal acetylenes is 1. The minimum Gasteiger partial charge on any atom is -0.120 e. The van der Waals surface area contributed by atoms with E-state index in [0.717, 1.165) is 24.2 Å². The first-order chi connectivity index (χ1) is 10.2. The largest absolute Gasteiger partial charge is 0.120 e.